The first-order valence-electron chi connectivity index (χ1n) is 5.75. The highest BCUT2D eigenvalue weighted by molar-refractivity contribution is 6.30. The van der Waals surface area contributed by atoms with E-state index < -0.39 is 0 Å². The smallest absolute Gasteiger partial charge is 0.0409 e. The molecule has 0 bridgehead atoms. The Morgan fingerprint density at radius 2 is 2.12 bits per heavy atom. The molecule has 2 N–H and O–H groups in total. The van der Waals surface area contributed by atoms with Gasteiger partial charge in [0.1, 0.15) is 0 Å². The number of rotatable bonds is 5. The molecule has 0 amide bonds. The highest BCUT2D eigenvalue weighted by Gasteiger charge is 2.13. The Labute approximate surface area is 103 Å². The maximum Gasteiger partial charge on any atom is 0.0409 e. The molecule has 1 rings (SSSR count). The van der Waals surface area contributed by atoms with Crippen molar-refractivity contribution in [1.29, 1.82) is 0 Å². The van der Waals surface area contributed by atoms with Gasteiger partial charge in [-0.15, -0.1) is 0 Å². The van der Waals surface area contributed by atoms with Gasteiger partial charge >= 0.3 is 0 Å². The molecule has 0 fully saturated rings. The monoisotopic (exact) mass is 240 g/mol. The van der Waals surface area contributed by atoms with E-state index in [2.05, 4.69) is 31.9 Å². The lowest BCUT2D eigenvalue weighted by molar-refractivity contribution is 0.243. The third kappa shape index (κ3) is 3.78. The molecule has 0 saturated heterocycles. The van der Waals surface area contributed by atoms with E-state index in [1.807, 2.05) is 18.2 Å². The number of nitrogens with two attached hydrogens (primary N) is 1. The molecule has 1 aromatic rings. The van der Waals surface area contributed by atoms with E-state index in [4.69, 9.17) is 17.3 Å². The van der Waals surface area contributed by atoms with Crippen LogP contribution in [0.5, 0.6) is 0 Å². The Hall–Kier alpha value is -0.570. The van der Waals surface area contributed by atoms with Gasteiger partial charge in [-0.05, 0) is 38.1 Å². The fourth-order valence-electron chi connectivity index (χ4n) is 1.68. The Kier molecular flexibility index (Phi) is 5.26. The third-order valence-electron chi connectivity index (χ3n) is 3.04. The van der Waals surface area contributed by atoms with Crippen molar-refractivity contribution < 1.29 is 0 Å². The molecule has 0 heterocycles. The molecule has 2 atom stereocenters. The van der Waals surface area contributed by atoms with Crippen molar-refractivity contribution in [2.24, 2.45) is 5.73 Å². The van der Waals surface area contributed by atoms with Crippen LogP contribution in [-0.4, -0.2) is 24.5 Å². The summed E-state index contributed by atoms with van der Waals surface area (Å²) in [5.41, 5.74) is 7.19. The first-order chi connectivity index (χ1) is 7.54. The number of nitrogens with zero attached hydrogens (tertiary/aromatic N) is 1. The fourth-order valence-corrected chi connectivity index (χ4v) is 1.88. The summed E-state index contributed by atoms with van der Waals surface area (Å²) in [5.74, 6) is 0. The van der Waals surface area contributed by atoms with Gasteiger partial charge < -0.3 is 5.73 Å². The number of halogens is 1. The van der Waals surface area contributed by atoms with Crippen molar-refractivity contribution in [3.05, 3.63) is 34.9 Å². The van der Waals surface area contributed by atoms with Gasteiger partial charge in [0, 0.05) is 23.7 Å². The zero-order valence-electron chi connectivity index (χ0n) is 10.3. The zero-order valence-corrected chi connectivity index (χ0v) is 11.0. The predicted molar refractivity (Wildman–Crippen MR) is 70.8 cm³/mol. The lowest BCUT2D eigenvalue weighted by Crippen LogP contribution is -2.36. The van der Waals surface area contributed by atoms with Gasteiger partial charge in [0.2, 0.25) is 0 Å². The highest BCUT2D eigenvalue weighted by atomic mass is 35.5. The van der Waals surface area contributed by atoms with Crippen LogP contribution in [0, 0.1) is 0 Å². The molecule has 90 valence electrons. The zero-order chi connectivity index (χ0) is 12.1. The molecular formula is C13H21ClN2. The van der Waals surface area contributed by atoms with Crippen molar-refractivity contribution in [2.45, 2.75) is 32.4 Å². The summed E-state index contributed by atoms with van der Waals surface area (Å²) in [7, 11) is 2.10. The average molecular weight is 241 g/mol. The summed E-state index contributed by atoms with van der Waals surface area (Å²) in [4.78, 5) is 2.26. The molecule has 1 aromatic carbocycles. The standard InChI is InChI=1S/C13H21ClN2/c1-4-13(15)9-16(3)10(2)11-6-5-7-12(14)8-11/h5-8,10,13H,4,9,15H2,1-3H3. The van der Waals surface area contributed by atoms with Gasteiger partial charge in [-0.25, -0.2) is 0 Å². The molecular weight excluding hydrogens is 220 g/mol. The molecule has 3 heteroatoms. The SMILES string of the molecule is CCC(N)CN(C)C(C)c1cccc(Cl)c1. The van der Waals surface area contributed by atoms with E-state index in [1.165, 1.54) is 5.56 Å². The molecule has 0 aliphatic heterocycles. The van der Waals surface area contributed by atoms with Gasteiger partial charge in [0.25, 0.3) is 0 Å². The van der Waals surface area contributed by atoms with E-state index in [0.29, 0.717) is 6.04 Å². The van der Waals surface area contributed by atoms with E-state index in [-0.39, 0.29) is 6.04 Å². The number of benzene rings is 1. The van der Waals surface area contributed by atoms with Crippen LogP contribution >= 0.6 is 11.6 Å². The van der Waals surface area contributed by atoms with Gasteiger partial charge in [-0.2, -0.15) is 0 Å². The van der Waals surface area contributed by atoms with Crippen LogP contribution in [0.15, 0.2) is 24.3 Å². The lowest BCUT2D eigenvalue weighted by atomic mass is 10.1. The summed E-state index contributed by atoms with van der Waals surface area (Å²) in [6, 6.07) is 8.59. The first-order valence-corrected chi connectivity index (χ1v) is 6.13. The average Bonchev–Trinajstić information content (AvgIpc) is 2.27. The fraction of sp³-hybridized carbons (Fsp3) is 0.538. The molecule has 0 aromatic heterocycles. The number of likely N-dealkylation sites (N-methyl/N-ethyl adjacent to an activating group) is 1. The first kappa shape index (κ1) is 13.5. The second-order valence-corrected chi connectivity index (χ2v) is 4.78. The maximum absolute atomic E-state index is 5.98. The van der Waals surface area contributed by atoms with Gasteiger partial charge in [-0.1, -0.05) is 30.7 Å². The Morgan fingerprint density at radius 1 is 1.44 bits per heavy atom. The van der Waals surface area contributed by atoms with Crippen LogP contribution in [0.25, 0.3) is 0 Å². The number of hydrogen-bond acceptors (Lipinski definition) is 2. The lowest BCUT2D eigenvalue weighted by Gasteiger charge is -2.27. The van der Waals surface area contributed by atoms with Gasteiger partial charge in [-0.3, -0.25) is 4.90 Å². The Morgan fingerprint density at radius 3 is 2.69 bits per heavy atom. The second-order valence-electron chi connectivity index (χ2n) is 4.34. The molecule has 16 heavy (non-hydrogen) atoms. The molecule has 0 saturated carbocycles. The van der Waals surface area contributed by atoms with Gasteiger partial charge in [0.05, 0.1) is 0 Å². The molecule has 0 aliphatic rings. The molecule has 0 radical (unpaired) electrons. The van der Waals surface area contributed by atoms with Crippen LogP contribution in [0.1, 0.15) is 31.9 Å². The molecule has 0 spiro atoms. The largest absolute Gasteiger partial charge is 0.327 e. The van der Waals surface area contributed by atoms with Crippen molar-refractivity contribution in [1.82, 2.24) is 4.90 Å². The van der Waals surface area contributed by atoms with Crippen LogP contribution in [0.2, 0.25) is 5.02 Å². The normalized spacial score (nSPS) is 15.1. The minimum atomic E-state index is 0.242. The van der Waals surface area contributed by atoms with Crippen molar-refractivity contribution in [3.8, 4) is 0 Å². The van der Waals surface area contributed by atoms with E-state index in [0.717, 1.165) is 18.0 Å². The minimum Gasteiger partial charge on any atom is -0.327 e. The van der Waals surface area contributed by atoms with Gasteiger partial charge in [0.15, 0.2) is 0 Å². The summed E-state index contributed by atoms with van der Waals surface area (Å²) in [5, 5.41) is 0.789. The molecule has 2 unspecified atom stereocenters. The van der Waals surface area contributed by atoms with Crippen molar-refractivity contribution >= 4 is 11.6 Å². The van der Waals surface area contributed by atoms with E-state index in [1.54, 1.807) is 0 Å². The predicted octanol–water partition coefficient (Wildman–Crippen LogP) is 3.07. The Bertz CT molecular complexity index is 327. The quantitative estimate of drug-likeness (QED) is 0.857. The van der Waals surface area contributed by atoms with E-state index >= 15 is 0 Å². The topological polar surface area (TPSA) is 29.3 Å². The van der Waals surface area contributed by atoms with Crippen molar-refractivity contribution in [2.75, 3.05) is 13.6 Å². The molecule has 0 aliphatic carbocycles. The van der Waals surface area contributed by atoms with Crippen LogP contribution in [0.4, 0.5) is 0 Å². The minimum absolute atomic E-state index is 0.242. The molecule has 2 nitrogen and oxygen atoms in total. The third-order valence-corrected chi connectivity index (χ3v) is 3.27. The van der Waals surface area contributed by atoms with Crippen LogP contribution in [0.3, 0.4) is 0 Å². The maximum atomic E-state index is 5.98. The number of hydrogen-bond donors (Lipinski definition) is 1. The van der Waals surface area contributed by atoms with Crippen LogP contribution in [-0.2, 0) is 0 Å². The van der Waals surface area contributed by atoms with E-state index in [9.17, 15) is 0 Å². The second kappa shape index (κ2) is 6.24. The Balaban J connectivity index is 2.66. The summed E-state index contributed by atoms with van der Waals surface area (Å²) < 4.78 is 0. The highest BCUT2D eigenvalue weighted by Crippen LogP contribution is 2.21. The summed E-state index contributed by atoms with van der Waals surface area (Å²) in [6.45, 7) is 5.20. The summed E-state index contributed by atoms with van der Waals surface area (Å²) >= 11 is 5.98. The van der Waals surface area contributed by atoms with Crippen molar-refractivity contribution in [3.63, 3.8) is 0 Å². The summed E-state index contributed by atoms with van der Waals surface area (Å²) in [6.07, 6.45) is 1.01. The van der Waals surface area contributed by atoms with Crippen LogP contribution < -0.4 is 5.73 Å².